The fourth-order valence-electron chi connectivity index (χ4n) is 1.74. The molecule has 2 aromatic rings. The van der Waals surface area contributed by atoms with Crippen LogP contribution in [-0.2, 0) is 9.59 Å². The van der Waals surface area contributed by atoms with Gasteiger partial charge in [0.2, 0.25) is 0 Å². The van der Waals surface area contributed by atoms with Crippen LogP contribution in [0.4, 0.5) is 0 Å². The SMILES string of the molecule is CC(=O)Oc1ccc(-c2cc[c]cc2)cc1OC(C)=O. The van der Waals surface area contributed by atoms with E-state index < -0.39 is 11.9 Å². The Labute approximate surface area is 116 Å². The number of hydrogen-bond donors (Lipinski definition) is 0. The molecule has 0 saturated carbocycles. The van der Waals surface area contributed by atoms with Crippen LogP contribution >= 0.6 is 0 Å². The van der Waals surface area contributed by atoms with Crippen molar-refractivity contribution in [1.29, 1.82) is 0 Å². The van der Waals surface area contributed by atoms with Crippen LogP contribution in [0.15, 0.2) is 42.5 Å². The number of hydrogen-bond acceptors (Lipinski definition) is 4. The number of ether oxygens (including phenoxy) is 2. The first-order valence-corrected chi connectivity index (χ1v) is 6.03. The summed E-state index contributed by atoms with van der Waals surface area (Å²) in [7, 11) is 0. The summed E-state index contributed by atoms with van der Waals surface area (Å²) in [6, 6.07) is 15.3. The molecular weight excluding hydrogens is 256 g/mol. The van der Waals surface area contributed by atoms with E-state index in [1.54, 1.807) is 30.3 Å². The smallest absolute Gasteiger partial charge is 0.308 e. The lowest BCUT2D eigenvalue weighted by Gasteiger charge is -2.10. The van der Waals surface area contributed by atoms with E-state index in [1.165, 1.54) is 13.8 Å². The minimum Gasteiger partial charge on any atom is -0.423 e. The van der Waals surface area contributed by atoms with Gasteiger partial charge in [0.25, 0.3) is 0 Å². The van der Waals surface area contributed by atoms with Crippen molar-refractivity contribution in [3.05, 3.63) is 48.5 Å². The van der Waals surface area contributed by atoms with Crippen LogP contribution in [0.1, 0.15) is 13.8 Å². The lowest BCUT2D eigenvalue weighted by atomic mass is 10.1. The predicted molar refractivity (Wildman–Crippen MR) is 73.3 cm³/mol. The van der Waals surface area contributed by atoms with Crippen LogP contribution in [-0.4, -0.2) is 11.9 Å². The molecule has 0 heterocycles. The summed E-state index contributed by atoms with van der Waals surface area (Å²) in [5.74, 6) is -0.505. The number of carbonyl (C=O) groups is 2. The summed E-state index contributed by atoms with van der Waals surface area (Å²) in [4.78, 5) is 22.2. The molecule has 0 unspecified atom stereocenters. The van der Waals surface area contributed by atoms with Crippen molar-refractivity contribution >= 4 is 11.9 Å². The van der Waals surface area contributed by atoms with Gasteiger partial charge in [-0.3, -0.25) is 9.59 Å². The molecule has 4 nitrogen and oxygen atoms in total. The van der Waals surface area contributed by atoms with Crippen molar-refractivity contribution in [2.24, 2.45) is 0 Å². The summed E-state index contributed by atoms with van der Waals surface area (Å²) in [5.41, 5.74) is 1.80. The molecule has 0 amide bonds. The Balaban J connectivity index is 2.42. The topological polar surface area (TPSA) is 52.6 Å². The molecule has 0 aliphatic heterocycles. The minimum atomic E-state index is -0.475. The second-order valence-electron chi connectivity index (χ2n) is 4.14. The summed E-state index contributed by atoms with van der Waals surface area (Å²) in [6.45, 7) is 2.58. The van der Waals surface area contributed by atoms with Crippen LogP contribution in [0.25, 0.3) is 11.1 Å². The van der Waals surface area contributed by atoms with E-state index >= 15 is 0 Å². The van der Waals surface area contributed by atoms with Gasteiger partial charge in [0.05, 0.1) is 0 Å². The largest absolute Gasteiger partial charge is 0.423 e. The van der Waals surface area contributed by atoms with Gasteiger partial charge in [0.1, 0.15) is 0 Å². The molecule has 2 aromatic carbocycles. The quantitative estimate of drug-likeness (QED) is 0.635. The Kier molecular flexibility index (Phi) is 4.15. The Morgan fingerprint density at radius 2 is 1.45 bits per heavy atom. The monoisotopic (exact) mass is 269 g/mol. The predicted octanol–water partition coefficient (Wildman–Crippen LogP) is 3.00. The van der Waals surface area contributed by atoms with Crippen molar-refractivity contribution < 1.29 is 19.1 Å². The van der Waals surface area contributed by atoms with Gasteiger partial charge in [0, 0.05) is 13.8 Å². The average molecular weight is 269 g/mol. The lowest BCUT2D eigenvalue weighted by Crippen LogP contribution is -2.07. The highest BCUT2D eigenvalue weighted by Crippen LogP contribution is 2.33. The van der Waals surface area contributed by atoms with Gasteiger partial charge in [-0.1, -0.05) is 30.3 Å². The number of rotatable bonds is 3. The average Bonchev–Trinajstić information content (AvgIpc) is 2.40. The minimum absolute atomic E-state index is 0.220. The molecule has 20 heavy (non-hydrogen) atoms. The van der Waals surface area contributed by atoms with E-state index in [2.05, 4.69) is 6.07 Å². The van der Waals surface area contributed by atoms with Gasteiger partial charge < -0.3 is 9.47 Å². The summed E-state index contributed by atoms with van der Waals surface area (Å²) in [5, 5.41) is 0. The maximum absolute atomic E-state index is 11.1. The maximum atomic E-state index is 11.1. The van der Waals surface area contributed by atoms with Gasteiger partial charge >= 0.3 is 11.9 Å². The van der Waals surface area contributed by atoms with Crippen molar-refractivity contribution in [2.45, 2.75) is 13.8 Å². The van der Waals surface area contributed by atoms with E-state index in [1.807, 2.05) is 12.1 Å². The molecule has 101 valence electrons. The number of esters is 2. The highest BCUT2D eigenvalue weighted by Gasteiger charge is 2.11. The molecule has 2 rings (SSSR count). The molecule has 1 radical (unpaired) electrons. The van der Waals surface area contributed by atoms with Gasteiger partial charge in [0.15, 0.2) is 11.5 Å². The second-order valence-corrected chi connectivity index (χ2v) is 4.14. The van der Waals surface area contributed by atoms with Gasteiger partial charge in [-0.05, 0) is 29.3 Å². The molecule has 0 aromatic heterocycles. The molecule has 4 heteroatoms. The fourth-order valence-corrected chi connectivity index (χ4v) is 1.74. The van der Waals surface area contributed by atoms with E-state index in [9.17, 15) is 9.59 Å². The first kappa shape index (κ1) is 13.8. The molecule has 0 fully saturated rings. The van der Waals surface area contributed by atoms with Crippen LogP contribution in [0, 0.1) is 6.07 Å². The summed E-state index contributed by atoms with van der Waals surface area (Å²) in [6.07, 6.45) is 0. The maximum Gasteiger partial charge on any atom is 0.308 e. The first-order chi connectivity index (χ1) is 9.56. The van der Waals surface area contributed by atoms with Crippen LogP contribution in [0.2, 0.25) is 0 Å². The molecule has 0 spiro atoms. The normalized spacial score (nSPS) is 9.90. The molecule has 0 bridgehead atoms. The molecule has 0 aliphatic rings. The lowest BCUT2D eigenvalue weighted by molar-refractivity contribution is -0.134. The fraction of sp³-hybridized carbons (Fsp3) is 0.125. The second kappa shape index (κ2) is 6.02. The molecule has 0 atom stereocenters. The Morgan fingerprint density at radius 3 is 2.05 bits per heavy atom. The molecule has 0 aliphatic carbocycles. The van der Waals surface area contributed by atoms with Gasteiger partial charge in [-0.2, -0.15) is 0 Å². The highest BCUT2D eigenvalue weighted by molar-refractivity contribution is 5.76. The summed E-state index contributed by atoms with van der Waals surface area (Å²) >= 11 is 0. The first-order valence-electron chi connectivity index (χ1n) is 6.03. The standard InChI is InChI=1S/C16H13O4/c1-11(17)19-15-9-8-14(10-16(15)20-12(2)18)13-6-4-3-5-7-13/h4-10H,1-2H3. The van der Waals surface area contributed by atoms with E-state index in [-0.39, 0.29) is 11.5 Å². The Morgan fingerprint density at radius 1 is 0.850 bits per heavy atom. The zero-order chi connectivity index (χ0) is 14.5. The third kappa shape index (κ3) is 3.45. The number of benzene rings is 2. The third-order valence-electron chi connectivity index (χ3n) is 2.50. The summed E-state index contributed by atoms with van der Waals surface area (Å²) < 4.78 is 10.1. The molecule has 0 saturated heterocycles. The van der Waals surface area contributed by atoms with Crippen LogP contribution in [0.3, 0.4) is 0 Å². The number of carbonyl (C=O) groups excluding carboxylic acids is 2. The molecular formula is C16H13O4. The van der Waals surface area contributed by atoms with E-state index in [4.69, 9.17) is 9.47 Å². The highest BCUT2D eigenvalue weighted by atomic mass is 16.6. The van der Waals surface area contributed by atoms with Gasteiger partial charge in [-0.15, -0.1) is 0 Å². The Hall–Kier alpha value is -2.62. The van der Waals surface area contributed by atoms with Crippen molar-refractivity contribution in [3.8, 4) is 22.6 Å². The van der Waals surface area contributed by atoms with Gasteiger partial charge in [-0.25, -0.2) is 0 Å². The van der Waals surface area contributed by atoms with Crippen molar-refractivity contribution in [3.63, 3.8) is 0 Å². The zero-order valence-corrected chi connectivity index (χ0v) is 11.2. The zero-order valence-electron chi connectivity index (χ0n) is 11.2. The van der Waals surface area contributed by atoms with Crippen molar-refractivity contribution in [2.75, 3.05) is 0 Å². The van der Waals surface area contributed by atoms with Crippen LogP contribution in [0.5, 0.6) is 11.5 Å². The van der Waals surface area contributed by atoms with E-state index in [0.29, 0.717) is 0 Å². The Bertz CT molecular complexity index is 632. The van der Waals surface area contributed by atoms with Crippen LogP contribution < -0.4 is 9.47 Å². The van der Waals surface area contributed by atoms with E-state index in [0.717, 1.165) is 11.1 Å². The third-order valence-corrected chi connectivity index (χ3v) is 2.50. The van der Waals surface area contributed by atoms with Crippen molar-refractivity contribution in [1.82, 2.24) is 0 Å². The molecule has 0 N–H and O–H groups in total.